The summed E-state index contributed by atoms with van der Waals surface area (Å²) in [6.07, 6.45) is 1.41. The maximum Gasteiger partial charge on any atom is 0.416 e. The predicted octanol–water partition coefficient (Wildman–Crippen LogP) is 3.07. The van der Waals surface area contributed by atoms with Crippen LogP contribution in [0.1, 0.15) is 31.2 Å². The number of halogens is 3. The molecule has 3 nitrogen and oxygen atoms in total. The van der Waals surface area contributed by atoms with E-state index in [1.165, 1.54) is 12.3 Å². The molecule has 0 aliphatic carbocycles. The molecule has 2 saturated heterocycles. The summed E-state index contributed by atoms with van der Waals surface area (Å²) in [5.41, 5.74) is -0.416. The SMILES string of the molecule is FC(F)(F)c1ccnc(N2CCCC3(CCCNC3)C2)c1. The Morgan fingerprint density at radius 1 is 1.24 bits per heavy atom. The predicted molar refractivity (Wildman–Crippen MR) is 75.2 cm³/mol. The van der Waals surface area contributed by atoms with Crippen molar-refractivity contribution >= 4 is 5.82 Å². The summed E-state index contributed by atoms with van der Waals surface area (Å²) in [6.45, 7) is 3.59. The van der Waals surface area contributed by atoms with Crippen LogP contribution in [0, 0.1) is 5.41 Å². The lowest BCUT2D eigenvalue weighted by Gasteiger charge is -2.45. The lowest BCUT2D eigenvalue weighted by Crippen LogP contribution is -2.51. The minimum absolute atomic E-state index is 0.201. The molecule has 2 aliphatic heterocycles. The molecule has 0 aromatic carbocycles. The fourth-order valence-electron chi connectivity index (χ4n) is 3.55. The second-order valence-corrected chi connectivity index (χ2v) is 6.21. The van der Waals surface area contributed by atoms with E-state index in [4.69, 9.17) is 0 Å². The fraction of sp³-hybridized carbons (Fsp3) is 0.667. The van der Waals surface area contributed by atoms with Crippen LogP contribution in [0.15, 0.2) is 18.3 Å². The number of anilines is 1. The first-order valence-corrected chi connectivity index (χ1v) is 7.48. The van der Waals surface area contributed by atoms with Crippen molar-refractivity contribution in [2.45, 2.75) is 31.9 Å². The summed E-state index contributed by atoms with van der Waals surface area (Å²) in [7, 11) is 0. The zero-order valence-electron chi connectivity index (χ0n) is 11.9. The maximum atomic E-state index is 12.8. The maximum absolute atomic E-state index is 12.8. The Bertz CT molecular complexity index is 490. The number of hydrogen-bond donors (Lipinski definition) is 1. The Hall–Kier alpha value is -1.30. The van der Waals surface area contributed by atoms with E-state index in [9.17, 15) is 13.2 Å². The van der Waals surface area contributed by atoms with E-state index >= 15 is 0 Å². The van der Waals surface area contributed by atoms with Gasteiger partial charge in [-0.3, -0.25) is 0 Å². The van der Waals surface area contributed by atoms with Crippen LogP contribution in [-0.4, -0.2) is 31.2 Å². The Labute approximate surface area is 122 Å². The Kier molecular flexibility index (Phi) is 3.82. The molecule has 1 unspecified atom stereocenters. The summed E-state index contributed by atoms with van der Waals surface area (Å²) in [5.74, 6) is 0.453. The standard InChI is InChI=1S/C15H20F3N3/c16-15(17,18)12-3-7-20-13(9-12)21-8-2-5-14(11-21)4-1-6-19-10-14/h3,7,9,19H,1-2,4-6,8,10-11H2. The van der Waals surface area contributed by atoms with Crippen LogP contribution in [0.5, 0.6) is 0 Å². The summed E-state index contributed by atoms with van der Waals surface area (Å²) < 4.78 is 38.5. The van der Waals surface area contributed by atoms with Crippen LogP contribution in [0.2, 0.25) is 0 Å². The third kappa shape index (κ3) is 3.15. The van der Waals surface area contributed by atoms with Crippen molar-refractivity contribution in [2.75, 3.05) is 31.1 Å². The van der Waals surface area contributed by atoms with E-state index in [-0.39, 0.29) is 5.41 Å². The molecule has 6 heteroatoms. The van der Waals surface area contributed by atoms with Gasteiger partial charge >= 0.3 is 6.18 Å². The monoisotopic (exact) mass is 299 g/mol. The Balaban J connectivity index is 1.80. The molecule has 0 amide bonds. The number of aromatic nitrogens is 1. The van der Waals surface area contributed by atoms with Gasteiger partial charge in [0.2, 0.25) is 0 Å². The van der Waals surface area contributed by atoms with Gasteiger partial charge < -0.3 is 10.2 Å². The van der Waals surface area contributed by atoms with Crippen molar-refractivity contribution in [3.05, 3.63) is 23.9 Å². The van der Waals surface area contributed by atoms with Gasteiger partial charge in [-0.2, -0.15) is 13.2 Å². The van der Waals surface area contributed by atoms with Gasteiger partial charge in [0.15, 0.2) is 0 Å². The van der Waals surface area contributed by atoms with Crippen LogP contribution < -0.4 is 10.2 Å². The molecule has 0 radical (unpaired) electrons. The summed E-state index contributed by atoms with van der Waals surface area (Å²) in [4.78, 5) is 6.18. The van der Waals surface area contributed by atoms with Crippen molar-refractivity contribution in [1.29, 1.82) is 0 Å². The van der Waals surface area contributed by atoms with Crippen LogP contribution in [0.4, 0.5) is 19.0 Å². The molecule has 0 saturated carbocycles. The molecule has 1 spiro atoms. The van der Waals surface area contributed by atoms with E-state index < -0.39 is 11.7 Å². The molecule has 2 fully saturated rings. The van der Waals surface area contributed by atoms with Gasteiger partial charge in [-0.25, -0.2) is 4.98 Å². The molecule has 1 atom stereocenters. The van der Waals surface area contributed by atoms with Crippen molar-refractivity contribution in [3.8, 4) is 0 Å². The van der Waals surface area contributed by atoms with Gasteiger partial charge in [0.05, 0.1) is 5.56 Å². The summed E-state index contributed by atoms with van der Waals surface area (Å²) in [5, 5.41) is 3.43. The molecule has 0 bridgehead atoms. The van der Waals surface area contributed by atoms with Crippen LogP contribution in [0.3, 0.4) is 0 Å². The van der Waals surface area contributed by atoms with E-state index in [1.54, 1.807) is 0 Å². The van der Waals surface area contributed by atoms with Gasteiger partial charge in [-0.15, -0.1) is 0 Å². The topological polar surface area (TPSA) is 28.2 Å². The third-order valence-corrected chi connectivity index (χ3v) is 4.62. The van der Waals surface area contributed by atoms with Crippen LogP contribution >= 0.6 is 0 Å². The molecule has 1 aromatic rings. The third-order valence-electron chi connectivity index (χ3n) is 4.62. The molecule has 3 rings (SSSR count). The normalized spacial score (nSPS) is 27.1. The Morgan fingerprint density at radius 2 is 2.05 bits per heavy atom. The second kappa shape index (κ2) is 5.48. The first-order chi connectivity index (χ1) is 9.99. The highest BCUT2D eigenvalue weighted by molar-refractivity contribution is 5.42. The van der Waals surface area contributed by atoms with E-state index in [1.807, 2.05) is 4.90 Å². The van der Waals surface area contributed by atoms with Gasteiger partial charge in [-0.1, -0.05) is 0 Å². The number of pyridine rings is 1. The zero-order chi connectivity index (χ0) is 14.9. The molecule has 1 aromatic heterocycles. The molecule has 116 valence electrons. The van der Waals surface area contributed by atoms with Gasteiger partial charge in [0, 0.05) is 31.2 Å². The van der Waals surface area contributed by atoms with Crippen molar-refractivity contribution in [2.24, 2.45) is 5.41 Å². The van der Waals surface area contributed by atoms with Crippen LogP contribution in [-0.2, 0) is 6.18 Å². The minimum Gasteiger partial charge on any atom is -0.356 e. The van der Waals surface area contributed by atoms with E-state index in [0.717, 1.165) is 57.9 Å². The highest BCUT2D eigenvalue weighted by atomic mass is 19.4. The average molecular weight is 299 g/mol. The number of piperidine rings is 2. The first-order valence-electron chi connectivity index (χ1n) is 7.48. The number of hydrogen-bond acceptors (Lipinski definition) is 3. The molecular weight excluding hydrogens is 279 g/mol. The van der Waals surface area contributed by atoms with Crippen molar-refractivity contribution < 1.29 is 13.2 Å². The molecule has 1 N–H and O–H groups in total. The van der Waals surface area contributed by atoms with Gasteiger partial charge in [-0.05, 0) is 44.4 Å². The summed E-state index contributed by atoms with van der Waals surface area (Å²) >= 11 is 0. The minimum atomic E-state index is -4.31. The second-order valence-electron chi connectivity index (χ2n) is 6.21. The molecule has 21 heavy (non-hydrogen) atoms. The zero-order valence-corrected chi connectivity index (χ0v) is 11.9. The number of rotatable bonds is 1. The number of alkyl halides is 3. The van der Waals surface area contributed by atoms with Gasteiger partial charge in [0.1, 0.15) is 5.82 Å². The lowest BCUT2D eigenvalue weighted by molar-refractivity contribution is -0.137. The number of nitrogens with one attached hydrogen (secondary N) is 1. The van der Waals surface area contributed by atoms with Crippen LogP contribution in [0.25, 0.3) is 0 Å². The first kappa shape index (κ1) is 14.6. The van der Waals surface area contributed by atoms with Crippen molar-refractivity contribution in [3.63, 3.8) is 0 Å². The lowest BCUT2D eigenvalue weighted by atomic mass is 9.74. The van der Waals surface area contributed by atoms with Gasteiger partial charge in [0.25, 0.3) is 0 Å². The largest absolute Gasteiger partial charge is 0.416 e. The quantitative estimate of drug-likeness (QED) is 0.864. The van der Waals surface area contributed by atoms with Crippen molar-refractivity contribution in [1.82, 2.24) is 10.3 Å². The molecular formula is C15H20F3N3. The highest BCUT2D eigenvalue weighted by Crippen LogP contribution is 2.38. The molecule has 2 aliphatic rings. The number of nitrogens with zero attached hydrogens (tertiary/aromatic N) is 2. The molecule has 3 heterocycles. The van der Waals surface area contributed by atoms with E-state index in [0.29, 0.717) is 5.82 Å². The summed E-state index contributed by atoms with van der Waals surface area (Å²) in [6, 6.07) is 2.21. The highest BCUT2D eigenvalue weighted by Gasteiger charge is 2.37. The van der Waals surface area contributed by atoms with E-state index in [2.05, 4.69) is 10.3 Å². The average Bonchev–Trinajstić information content (AvgIpc) is 2.47. The Morgan fingerprint density at radius 3 is 2.76 bits per heavy atom. The smallest absolute Gasteiger partial charge is 0.356 e. The fourth-order valence-corrected chi connectivity index (χ4v) is 3.55.